The molecule has 4 nitrogen and oxygen atoms in total. The molecule has 0 saturated heterocycles. The van der Waals surface area contributed by atoms with E-state index in [1.54, 1.807) is 24.3 Å². The van der Waals surface area contributed by atoms with Gasteiger partial charge in [0, 0.05) is 11.1 Å². The zero-order chi connectivity index (χ0) is 18.5. The average molecular weight is 340 g/mol. The van der Waals surface area contributed by atoms with Gasteiger partial charge in [0.15, 0.2) is 0 Å². The Morgan fingerprint density at radius 1 is 0.615 bits per heavy atom. The minimum atomic E-state index is 0.592. The maximum atomic E-state index is 10.7. The van der Waals surface area contributed by atoms with Crippen LogP contribution in [0.2, 0.25) is 0 Å². The van der Waals surface area contributed by atoms with Gasteiger partial charge in [-0.15, -0.1) is 0 Å². The number of carbonyl (C=O) groups excluding carboxylic acids is 2. The first-order chi connectivity index (χ1) is 12.7. The summed E-state index contributed by atoms with van der Waals surface area (Å²) in [6, 6.07) is 19.2. The van der Waals surface area contributed by atoms with Crippen molar-refractivity contribution in [2.75, 3.05) is 0 Å². The van der Waals surface area contributed by atoms with E-state index < -0.39 is 0 Å². The minimum Gasteiger partial charge on any atom is -0.211 e. The number of hydrogen-bond donors (Lipinski definition) is 0. The molecule has 0 aliphatic rings. The van der Waals surface area contributed by atoms with Crippen molar-refractivity contribution in [3.8, 4) is 22.3 Å². The highest BCUT2D eigenvalue weighted by atomic mass is 16.1. The molecule has 0 fully saturated rings. The van der Waals surface area contributed by atoms with Gasteiger partial charge in [-0.2, -0.15) is 9.98 Å². The molecule has 0 aliphatic carbocycles. The van der Waals surface area contributed by atoms with E-state index in [2.05, 4.69) is 9.98 Å². The summed E-state index contributed by atoms with van der Waals surface area (Å²) in [6.45, 7) is 3.95. The summed E-state index contributed by atoms with van der Waals surface area (Å²) in [5.41, 5.74) is 6.94. The van der Waals surface area contributed by atoms with Crippen molar-refractivity contribution in [3.05, 3.63) is 71.8 Å². The maximum absolute atomic E-state index is 10.7. The average Bonchev–Trinajstić information content (AvgIpc) is 2.63. The van der Waals surface area contributed by atoms with Gasteiger partial charge in [0.1, 0.15) is 0 Å². The van der Waals surface area contributed by atoms with Gasteiger partial charge in [-0.25, -0.2) is 9.59 Å². The molecule has 0 spiro atoms. The first-order valence-electron chi connectivity index (χ1n) is 8.11. The Balaban J connectivity index is 2.13. The maximum Gasteiger partial charge on any atom is 0.240 e. The lowest BCUT2D eigenvalue weighted by Crippen LogP contribution is -1.87. The zero-order valence-electron chi connectivity index (χ0n) is 14.5. The van der Waals surface area contributed by atoms with Crippen LogP contribution in [0.4, 0.5) is 11.4 Å². The lowest BCUT2D eigenvalue weighted by Gasteiger charge is -2.12. The molecule has 0 bridgehead atoms. The van der Waals surface area contributed by atoms with Gasteiger partial charge in [-0.1, -0.05) is 48.5 Å². The van der Waals surface area contributed by atoms with Crippen molar-refractivity contribution in [2.24, 2.45) is 9.98 Å². The topological polar surface area (TPSA) is 58.9 Å². The molecule has 0 heterocycles. The van der Waals surface area contributed by atoms with Gasteiger partial charge in [-0.05, 0) is 48.2 Å². The standard InChI is InChI=1S/C22H16N2O2/c1-15-5-3-7-19(23-13-25)21(15)17-9-11-18(12-10-17)22-16(2)6-4-8-20(22)24-14-26/h3-12H,1-2H3. The molecular weight excluding hydrogens is 324 g/mol. The molecule has 0 aliphatic heterocycles. The first kappa shape index (κ1) is 17.2. The summed E-state index contributed by atoms with van der Waals surface area (Å²) in [5, 5.41) is 0. The Hall–Kier alpha value is -3.58. The van der Waals surface area contributed by atoms with Crippen LogP contribution in [0, 0.1) is 13.8 Å². The van der Waals surface area contributed by atoms with E-state index in [9.17, 15) is 9.59 Å². The fourth-order valence-corrected chi connectivity index (χ4v) is 3.14. The van der Waals surface area contributed by atoms with Crippen LogP contribution in [-0.2, 0) is 9.59 Å². The highest BCUT2D eigenvalue weighted by Crippen LogP contribution is 2.37. The fourth-order valence-electron chi connectivity index (χ4n) is 3.14. The third kappa shape index (κ3) is 3.28. The van der Waals surface area contributed by atoms with Gasteiger partial charge >= 0.3 is 0 Å². The Labute approximate surface area is 151 Å². The fraction of sp³-hybridized carbons (Fsp3) is 0.0909. The van der Waals surface area contributed by atoms with Crippen LogP contribution in [0.5, 0.6) is 0 Å². The van der Waals surface area contributed by atoms with Crippen molar-refractivity contribution in [2.45, 2.75) is 13.8 Å². The monoisotopic (exact) mass is 340 g/mol. The van der Waals surface area contributed by atoms with Crippen LogP contribution in [0.25, 0.3) is 22.3 Å². The highest BCUT2D eigenvalue weighted by molar-refractivity contribution is 5.84. The van der Waals surface area contributed by atoms with Crippen LogP contribution in [-0.4, -0.2) is 12.2 Å². The number of nitrogens with zero attached hydrogens (tertiary/aromatic N) is 2. The highest BCUT2D eigenvalue weighted by Gasteiger charge is 2.11. The van der Waals surface area contributed by atoms with Gasteiger partial charge in [0.25, 0.3) is 0 Å². The Morgan fingerprint density at radius 2 is 1.00 bits per heavy atom. The number of aryl methyl sites for hydroxylation is 2. The van der Waals surface area contributed by atoms with Crippen molar-refractivity contribution in [1.82, 2.24) is 0 Å². The minimum absolute atomic E-state index is 0.592. The summed E-state index contributed by atoms with van der Waals surface area (Å²) in [7, 11) is 0. The molecule has 126 valence electrons. The predicted molar refractivity (Wildman–Crippen MR) is 102 cm³/mol. The van der Waals surface area contributed by atoms with E-state index in [1.165, 1.54) is 0 Å². The molecule has 3 aromatic rings. The van der Waals surface area contributed by atoms with Gasteiger partial charge in [0.05, 0.1) is 11.4 Å². The largest absolute Gasteiger partial charge is 0.240 e. The smallest absolute Gasteiger partial charge is 0.211 e. The van der Waals surface area contributed by atoms with E-state index in [1.807, 2.05) is 62.4 Å². The van der Waals surface area contributed by atoms with Crippen molar-refractivity contribution >= 4 is 23.5 Å². The molecule has 0 saturated carbocycles. The van der Waals surface area contributed by atoms with Crippen LogP contribution in [0.1, 0.15) is 11.1 Å². The molecule has 3 rings (SSSR count). The normalized spacial score (nSPS) is 9.92. The van der Waals surface area contributed by atoms with Crippen LogP contribution in [0.3, 0.4) is 0 Å². The number of hydrogen-bond acceptors (Lipinski definition) is 4. The van der Waals surface area contributed by atoms with Crippen molar-refractivity contribution < 1.29 is 9.59 Å². The summed E-state index contributed by atoms with van der Waals surface area (Å²) >= 11 is 0. The summed E-state index contributed by atoms with van der Waals surface area (Å²) < 4.78 is 0. The molecule has 0 atom stereocenters. The van der Waals surface area contributed by atoms with Crippen molar-refractivity contribution in [3.63, 3.8) is 0 Å². The predicted octanol–water partition coefficient (Wildman–Crippen LogP) is 5.57. The van der Waals surface area contributed by atoms with Crippen molar-refractivity contribution in [1.29, 1.82) is 0 Å². The van der Waals surface area contributed by atoms with E-state index >= 15 is 0 Å². The SMILES string of the molecule is Cc1cccc(N=C=O)c1-c1ccc(-c2c(C)cccc2N=C=O)cc1. The summed E-state index contributed by atoms with van der Waals surface area (Å²) in [6.07, 6.45) is 3.23. The number of rotatable bonds is 4. The second-order valence-corrected chi connectivity index (χ2v) is 5.92. The van der Waals surface area contributed by atoms with Gasteiger partial charge < -0.3 is 0 Å². The third-order valence-electron chi connectivity index (χ3n) is 4.30. The lowest BCUT2D eigenvalue weighted by atomic mass is 9.94. The summed E-state index contributed by atoms with van der Waals surface area (Å²) in [4.78, 5) is 29.0. The molecule has 0 amide bonds. The second kappa shape index (κ2) is 7.54. The lowest BCUT2D eigenvalue weighted by molar-refractivity contribution is 0.564. The number of benzene rings is 3. The second-order valence-electron chi connectivity index (χ2n) is 5.92. The van der Waals surface area contributed by atoms with E-state index in [-0.39, 0.29) is 0 Å². The van der Waals surface area contributed by atoms with Crippen LogP contribution >= 0.6 is 0 Å². The number of aliphatic imine (C=N–C) groups is 2. The Bertz CT molecular complexity index is 970. The molecule has 0 unspecified atom stereocenters. The number of isocyanates is 2. The molecule has 26 heavy (non-hydrogen) atoms. The van der Waals surface area contributed by atoms with E-state index in [0.717, 1.165) is 33.4 Å². The van der Waals surface area contributed by atoms with E-state index in [4.69, 9.17) is 0 Å². The van der Waals surface area contributed by atoms with Gasteiger partial charge in [0.2, 0.25) is 12.2 Å². The summed E-state index contributed by atoms with van der Waals surface area (Å²) in [5.74, 6) is 0. The molecule has 4 heteroatoms. The first-order valence-corrected chi connectivity index (χ1v) is 8.11. The molecule has 0 radical (unpaired) electrons. The van der Waals surface area contributed by atoms with Crippen LogP contribution < -0.4 is 0 Å². The molecular formula is C22H16N2O2. The molecule has 3 aromatic carbocycles. The van der Waals surface area contributed by atoms with Gasteiger partial charge in [-0.3, -0.25) is 0 Å². The Morgan fingerprint density at radius 3 is 1.35 bits per heavy atom. The van der Waals surface area contributed by atoms with E-state index in [0.29, 0.717) is 11.4 Å². The van der Waals surface area contributed by atoms with Crippen LogP contribution in [0.15, 0.2) is 70.6 Å². The Kier molecular flexibility index (Phi) is 5.00. The molecule has 0 aromatic heterocycles. The quantitative estimate of drug-likeness (QED) is 0.460. The molecule has 0 N–H and O–H groups in total. The zero-order valence-corrected chi connectivity index (χ0v) is 14.5. The third-order valence-corrected chi connectivity index (χ3v) is 4.30.